The highest BCUT2D eigenvalue weighted by Crippen LogP contribution is 2.36. The van der Waals surface area contributed by atoms with Gasteiger partial charge in [-0.25, -0.2) is 4.79 Å². The van der Waals surface area contributed by atoms with E-state index >= 15 is 0 Å². The zero-order valence-corrected chi connectivity index (χ0v) is 20.5. The summed E-state index contributed by atoms with van der Waals surface area (Å²) >= 11 is 0. The van der Waals surface area contributed by atoms with Crippen LogP contribution in [0.1, 0.15) is 53.9 Å². The van der Waals surface area contributed by atoms with Crippen LogP contribution in [0.2, 0.25) is 5.04 Å². The first-order valence-corrected chi connectivity index (χ1v) is 13.0. The van der Waals surface area contributed by atoms with Crippen LogP contribution in [0, 0.1) is 0 Å². The Bertz CT molecular complexity index is 814. The summed E-state index contributed by atoms with van der Waals surface area (Å²) in [6.45, 7) is 11.4. The van der Waals surface area contributed by atoms with Gasteiger partial charge in [-0.2, -0.15) is 0 Å². The molecule has 0 aromatic heterocycles. The van der Waals surface area contributed by atoms with Gasteiger partial charge in [-0.1, -0.05) is 81.4 Å². The van der Waals surface area contributed by atoms with Crippen LogP contribution in [-0.4, -0.2) is 32.6 Å². The molecule has 4 nitrogen and oxygen atoms in total. The molecule has 0 aliphatic heterocycles. The first kappa shape index (κ1) is 24.9. The zero-order chi connectivity index (χ0) is 22.9. The molecule has 2 aromatic carbocycles. The maximum absolute atomic E-state index is 11.3. The third kappa shape index (κ3) is 6.08. The second-order valence-electron chi connectivity index (χ2n) is 8.76. The molecule has 0 saturated carbocycles. The first-order chi connectivity index (χ1) is 14.7. The predicted octanol–water partition coefficient (Wildman–Crippen LogP) is 5.13. The van der Waals surface area contributed by atoms with Gasteiger partial charge in [0.2, 0.25) is 0 Å². The van der Waals surface area contributed by atoms with Gasteiger partial charge in [0, 0.05) is 13.0 Å². The lowest BCUT2D eigenvalue weighted by Gasteiger charge is -2.43. The molecule has 0 heterocycles. The summed E-state index contributed by atoms with van der Waals surface area (Å²) in [5.41, 5.74) is 0.287. The molecule has 2 rings (SSSR count). The number of hydrogen-bond donors (Lipinski definition) is 1. The van der Waals surface area contributed by atoms with Crippen LogP contribution in [0.3, 0.4) is 0 Å². The Labute approximate surface area is 188 Å². The molecule has 0 aliphatic rings. The van der Waals surface area contributed by atoms with Crippen molar-refractivity contribution in [1.82, 2.24) is 0 Å². The van der Waals surface area contributed by atoms with Crippen molar-refractivity contribution in [2.75, 3.05) is 13.2 Å². The first-order valence-electron chi connectivity index (χ1n) is 11.0. The lowest BCUT2D eigenvalue weighted by Crippen LogP contribution is -2.66. The van der Waals surface area contributed by atoms with Gasteiger partial charge in [0.15, 0.2) is 0 Å². The normalized spacial score (nSPS) is 12.9. The summed E-state index contributed by atoms with van der Waals surface area (Å²) in [5, 5.41) is 11.8. The Morgan fingerprint density at radius 1 is 0.935 bits per heavy atom. The van der Waals surface area contributed by atoms with Gasteiger partial charge in [0.1, 0.15) is 5.76 Å². The SMILES string of the molecule is CCO/C(CCCCO[Si](c1ccccc1)(c1ccccc1)C(C)(C)C)=C(\C)C(=O)O. The maximum atomic E-state index is 11.3. The highest BCUT2D eigenvalue weighted by molar-refractivity contribution is 6.99. The number of carboxylic acid groups (broad SMARTS) is 1. The molecule has 0 saturated heterocycles. The van der Waals surface area contributed by atoms with Crippen LogP contribution < -0.4 is 10.4 Å². The van der Waals surface area contributed by atoms with Crippen LogP contribution in [0.25, 0.3) is 0 Å². The number of allylic oxidation sites excluding steroid dienone is 1. The summed E-state index contributed by atoms with van der Waals surface area (Å²) in [6, 6.07) is 21.2. The minimum Gasteiger partial charge on any atom is -0.498 e. The molecule has 0 bridgehead atoms. The molecule has 0 radical (unpaired) electrons. The average Bonchev–Trinajstić information content (AvgIpc) is 2.75. The molecule has 0 fully saturated rings. The van der Waals surface area contributed by atoms with E-state index in [2.05, 4.69) is 69.3 Å². The largest absolute Gasteiger partial charge is 0.498 e. The van der Waals surface area contributed by atoms with Crippen LogP contribution >= 0.6 is 0 Å². The summed E-state index contributed by atoms with van der Waals surface area (Å²) < 4.78 is 12.5. The smallest absolute Gasteiger partial charge is 0.334 e. The topological polar surface area (TPSA) is 55.8 Å². The van der Waals surface area contributed by atoms with Crippen LogP contribution in [0.5, 0.6) is 0 Å². The molecule has 0 unspecified atom stereocenters. The fourth-order valence-corrected chi connectivity index (χ4v) is 8.64. The number of ether oxygens (including phenoxy) is 1. The van der Waals surface area contributed by atoms with Crippen molar-refractivity contribution < 1.29 is 19.1 Å². The zero-order valence-electron chi connectivity index (χ0n) is 19.5. The third-order valence-electron chi connectivity index (χ3n) is 5.59. The quantitative estimate of drug-likeness (QED) is 0.228. The van der Waals surface area contributed by atoms with E-state index in [0.29, 0.717) is 25.4 Å². The van der Waals surface area contributed by atoms with E-state index in [1.54, 1.807) is 6.92 Å². The second-order valence-corrected chi connectivity index (χ2v) is 13.1. The number of rotatable bonds is 11. The lowest BCUT2D eigenvalue weighted by molar-refractivity contribution is -0.132. The summed E-state index contributed by atoms with van der Waals surface area (Å²) in [4.78, 5) is 11.3. The second kappa shape index (κ2) is 11.3. The molecule has 31 heavy (non-hydrogen) atoms. The predicted molar refractivity (Wildman–Crippen MR) is 129 cm³/mol. The molecule has 2 aromatic rings. The standard InChI is InChI=1S/C26H36O4Si/c1-6-29-24(21(2)25(27)28)19-13-14-20-30-31(26(3,4)5,22-15-9-7-10-16-22)23-17-11-8-12-18-23/h7-12,15-18H,6,13-14,19-20H2,1-5H3,(H,27,28)/b24-21+. The number of hydrogen-bond acceptors (Lipinski definition) is 3. The van der Waals surface area contributed by atoms with Crippen molar-refractivity contribution in [3.8, 4) is 0 Å². The molecule has 0 aliphatic carbocycles. The Balaban J connectivity index is 2.22. The van der Waals surface area contributed by atoms with E-state index in [9.17, 15) is 9.90 Å². The monoisotopic (exact) mass is 440 g/mol. The van der Waals surface area contributed by atoms with Gasteiger partial charge in [0.05, 0.1) is 12.2 Å². The average molecular weight is 441 g/mol. The minimum absolute atomic E-state index is 0.0496. The molecule has 5 heteroatoms. The molecule has 0 spiro atoms. The van der Waals surface area contributed by atoms with Crippen molar-refractivity contribution in [1.29, 1.82) is 0 Å². The lowest BCUT2D eigenvalue weighted by atomic mass is 10.1. The van der Waals surface area contributed by atoms with Crippen molar-refractivity contribution in [3.63, 3.8) is 0 Å². The van der Waals surface area contributed by atoms with Crippen molar-refractivity contribution in [2.45, 2.75) is 58.9 Å². The third-order valence-corrected chi connectivity index (χ3v) is 10.6. The molecule has 0 atom stereocenters. The van der Waals surface area contributed by atoms with E-state index in [4.69, 9.17) is 9.16 Å². The molecular formula is C26H36O4Si. The number of benzene rings is 2. The fraction of sp³-hybridized carbons (Fsp3) is 0.423. The Kier molecular flexibility index (Phi) is 9.08. The van der Waals surface area contributed by atoms with E-state index in [1.807, 2.05) is 19.1 Å². The van der Waals surface area contributed by atoms with Crippen LogP contribution in [-0.2, 0) is 14.0 Å². The van der Waals surface area contributed by atoms with Crippen molar-refractivity contribution in [2.24, 2.45) is 0 Å². The number of unbranched alkanes of at least 4 members (excludes halogenated alkanes) is 1. The summed E-state index contributed by atoms with van der Waals surface area (Å²) in [7, 11) is -2.52. The Morgan fingerprint density at radius 2 is 1.45 bits per heavy atom. The van der Waals surface area contributed by atoms with Gasteiger partial charge < -0.3 is 14.3 Å². The molecule has 0 amide bonds. The minimum atomic E-state index is -2.52. The van der Waals surface area contributed by atoms with Gasteiger partial charge in [-0.05, 0) is 42.1 Å². The molecule has 168 valence electrons. The van der Waals surface area contributed by atoms with Gasteiger partial charge in [-0.15, -0.1) is 0 Å². The highest BCUT2D eigenvalue weighted by atomic mass is 28.4. The Hall–Kier alpha value is -2.37. The number of carboxylic acids is 1. The van der Waals surface area contributed by atoms with E-state index in [1.165, 1.54) is 10.4 Å². The van der Waals surface area contributed by atoms with Crippen molar-refractivity contribution >= 4 is 24.7 Å². The highest BCUT2D eigenvalue weighted by Gasteiger charge is 2.49. The summed E-state index contributed by atoms with van der Waals surface area (Å²) in [6.07, 6.45) is 2.27. The number of carbonyl (C=O) groups is 1. The molecular weight excluding hydrogens is 404 g/mol. The summed E-state index contributed by atoms with van der Waals surface area (Å²) in [5.74, 6) is -0.354. The van der Waals surface area contributed by atoms with Crippen molar-refractivity contribution in [3.05, 3.63) is 72.0 Å². The van der Waals surface area contributed by atoms with Gasteiger partial charge in [-0.3, -0.25) is 0 Å². The molecule has 1 N–H and O–H groups in total. The van der Waals surface area contributed by atoms with E-state index < -0.39 is 14.3 Å². The Morgan fingerprint density at radius 3 is 1.87 bits per heavy atom. The van der Waals surface area contributed by atoms with Crippen LogP contribution in [0.15, 0.2) is 72.0 Å². The maximum Gasteiger partial charge on any atom is 0.334 e. The van der Waals surface area contributed by atoms with Gasteiger partial charge >= 0.3 is 5.97 Å². The van der Waals surface area contributed by atoms with Gasteiger partial charge in [0.25, 0.3) is 8.32 Å². The van der Waals surface area contributed by atoms with E-state index in [0.717, 1.165) is 12.8 Å². The number of aliphatic carboxylic acids is 1. The van der Waals surface area contributed by atoms with E-state index in [-0.39, 0.29) is 10.6 Å². The fourth-order valence-electron chi connectivity index (χ4n) is 4.04. The van der Waals surface area contributed by atoms with Crippen LogP contribution in [0.4, 0.5) is 0 Å².